The van der Waals surface area contributed by atoms with E-state index in [2.05, 4.69) is 15.4 Å². The Hall–Kier alpha value is -5.72. The number of alkyl halides is 2. The van der Waals surface area contributed by atoms with Gasteiger partial charge in [0.05, 0.1) is 24.1 Å². The normalized spacial score (nSPS) is 27.8. The van der Waals surface area contributed by atoms with Crippen molar-refractivity contribution in [3.05, 3.63) is 54.6 Å². The zero-order chi connectivity index (χ0) is 48.3. The number of sulfonamides is 1. The molecule has 19 heteroatoms. The molecule has 0 spiro atoms. The third kappa shape index (κ3) is 9.70. The highest BCUT2D eigenvalue weighted by Crippen LogP contribution is 2.48. The lowest BCUT2D eigenvalue weighted by Crippen LogP contribution is -2.59. The minimum atomic E-state index is -4.09. The molecule has 1 aromatic heterocycles. The Bertz CT molecular complexity index is 2620. The van der Waals surface area contributed by atoms with E-state index in [0.717, 1.165) is 13.8 Å². The van der Waals surface area contributed by atoms with Gasteiger partial charge in [0.1, 0.15) is 42.7 Å². The van der Waals surface area contributed by atoms with Crippen LogP contribution in [0, 0.1) is 17.8 Å². The standard InChI is InChI=1S/C48H59F2N5O11S.3H2/c1-27-10-8-9-11-31-25-48(31,43(58)54-67(60,61)46(5)16-17-46)53-40(56)36-24-33(26-55(36)42(57)39(28(2)20-27)52-44(59)66-45(3,4)47(6,49)50)65-41-34-14-13-32(62-7)21-30(34)22-35(51-41)29-12-15-37-38(23-29)64-19-18-63-37;;;/h9,11-15,21-23,27-28,31,33,36,39H,8,10,16-20,24-26H2,1-7H3,(H,52,59)(H,53,56)(H,54,58);3*1H/b11-9-;;;/t27-,28+,31+,33+,36-,39-,48+;;;/m0.../s1. The molecule has 0 unspecified atom stereocenters. The molecule has 1 saturated heterocycles. The molecule has 8 rings (SSSR count). The molecule has 2 aromatic carbocycles. The summed E-state index contributed by atoms with van der Waals surface area (Å²) in [5.41, 5.74) is -2.69. The van der Waals surface area contributed by atoms with Crippen molar-refractivity contribution in [2.45, 2.75) is 126 Å². The minimum Gasteiger partial charge on any atom is -0.497 e. The fourth-order valence-corrected chi connectivity index (χ4v) is 10.3. The molecule has 4 heterocycles. The van der Waals surface area contributed by atoms with Crippen LogP contribution in [0.15, 0.2) is 54.6 Å². The van der Waals surface area contributed by atoms with E-state index in [0.29, 0.717) is 91.5 Å². The van der Waals surface area contributed by atoms with Crippen LogP contribution in [0.3, 0.4) is 0 Å². The summed E-state index contributed by atoms with van der Waals surface area (Å²) in [7, 11) is -2.54. The second kappa shape index (κ2) is 17.7. The number of amides is 4. The largest absolute Gasteiger partial charge is 0.497 e. The molecule has 67 heavy (non-hydrogen) atoms. The van der Waals surface area contributed by atoms with Crippen molar-refractivity contribution in [2.75, 3.05) is 26.9 Å². The van der Waals surface area contributed by atoms with Crippen LogP contribution in [0.5, 0.6) is 23.1 Å². The van der Waals surface area contributed by atoms with E-state index in [-0.39, 0.29) is 35.5 Å². The molecule has 0 bridgehead atoms. The van der Waals surface area contributed by atoms with E-state index in [9.17, 15) is 31.6 Å². The Morgan fingerprint density at radius 3 is 2.45 bits per heavy atom. The van der Waals surface area contributed by atoms with E-state index in [1.54, 1.807) is 39.2 Å². The van der Waals surface area contributed by atoms with Crippen LogP contribution in [0.25, 0.3) is 22.0 Å². The third-order valence-corrected chi connectivity index (χ3v) is 16.2. The predicted molar refractivity (Wildman–Crippen MR) is 249 cm³/mol. The molecule has 5 aliphatic rings. The SMILES string of the molecule is COc1ccc2c(O[C@@H]3C[C@H]4C(=O)N[C@]5(C(=O)NS(=O)(=O)C6(C)CC6)C[C@H]5/C=C\CC[C@H](C)C[C@@H](C)[C@H](NC(=O)OC(C)(C)C(C)(F)F)C(=O)N4C3)nc(-c3ccc4c(c3)OCCO4)cc2c1.[HH].[HH].[HH]. The van der Waals surface area contributed by atoms with Gasteiger partial charge < -0.3 is 39.2 Å². The smallest absolute Gasteiger partial charge is 0.408 e. The number of aromatic nitrogens is 1. The van der Waals surface area contributed by atoms with Crippen molar-refractivity contribution in [2.24, 2.45) is 17.8 Å². The number of halogens is 2. The second-order valence-electron chi connectivity index (χ2n) is 19.6. The lowest BCUT2D eigenvalue weighted by Gasteiger charge is -2.35. The number of rotatable bonds is 10. The molecule has 3 N–H and O–H groups in total. The lowest BCUT2D eigenvalue weighted by atomic mass is 9.88. The maximum absolute atomic E-state index is 15.1. The molecule has 16 nitrogen and oxygen atoms in total. The number of ether oxygens (including phenoxy) is 5. The first kappa shape index (κ1) is 47.8. The minimum absolute atomic E-state index is 0. The molecular formula is C48H65F2N5O11S. The van der Waals surface area contributed by atoms with Crippen molar-refractivity contribution in [3.63, 3.8) is 0 Å². The van der Waals surface area contributed by atoms with Crippen LogP contribution in [0.4, 0.5) is 13.6 Å². The number of hydrogen-bond donors (Lipinski definition) is 3. The van der Waals surface area contributed by atoms with Gasteiger partial charge in [0.25, 0.3) is 11.8 Å². The molecule has 368 valence electrons. The Balaban J connectivity index is 0.00000304. The van der Waals surface area contributed by atoms with E-state index < -0.39 is 85.7 Å². The van der Waals surface area contributed by atoms with Gasteiger partial charge in [0.2, 0.25) is 27.7 Å². The summed E-state index contributed by atoms with van der Waals surface area (Å²) in [6.45, 7) is 8.65. The number of methoxy groups -OCH3 is 1. The van der Waals surface area contributed by atoms with Gasteiger partial charge in [-0.1, -0.05) is 26.0 Å². The number of nitrogens with one attached hydrogen (secondary N) is 3. The van der Waals surface area contributed by atoms with Gasteiger partial charge in [0, 0.05) is 34.5 Å². The van der Waals surface area contributed by atoms with Crippen LogP contribution in [0.1, 0.15) is 90.8 Å². The fraction of sp³-hybridized carbons (Fsp3) is 0.562. The summed E-state index contributed by atoms with van der Waals surface area (Å²) < 4.78 is 86.0. The van der Waals surface area contributed by atoms with Crippen molar-refractivity contribution < 1.29 is 64.3 Å². The van der Waals surface area contributed by atoms with E-state index in [4.69, 9.17) is 28.7 Å². The van der Waals surface area contributed by atoms with Gasteiger partial charge in [-0.3, -0.25) is 19.1 Å². The average Bonchev–Trinajstić information content (AvgIpc) is 4.15. The first-order valence-electron chi connectivity index (χ1n) is 22.8. The van der Waals surface area contributed by atoms with Crippen LogP contribution < -0.4 is 34.3 Å². The maximum atomic E-state index is 15.1. The summed E-state index contributed by atoms with van der Waals surface area (Å²) in [5, 5.41) is 6.74. The van der Waals surface area contributed by atoms with Gasteiger partial charge in [0.15, 0.2) is 17.1 Å². The first-order valence-corrected chi connectivity index (χ1v) is 24.3. The number of benzene rings is 2. The lowest BCUT2D eigenvalue weighted by molar-refractivity contribution is -0.152. The van der Waals surface area contributed by atoms with Gasteiger partial charge in [-0.2, -0.15) is 0 Å². The Morgan fingerprint density at radius 2 is 1.75 bits per heavy atom. The number of nitrogens with zero attached hydrogens (tertiary/aromatic N) is 2. The van der Waals surface area contributed by atoms with Crippen molar-refractivity contribution in [1.82, 2.24) is 25.2 Å². The Kier molecular flexibility index (Phi) is 12.6. The molecule has 3 aliphatic heterocycles. The maximum Gasteiger partial charge on any atom is 0.408 e. The zero-order valence-electron chi connectivity index (χ0n) is 38.8. The number of carbonyl (C=O) groups excluding carboxylic acids is 4. The summed E-state index contributed by atoms with van der Waals surface area (Å²) in [6.07, 6.45) is 3.96. The monoisotopic (exact) mass is 957 g/mol. The van der Waals surface area contributed by atoms with Gasteiger partial charge in [-0.05, 0) is 119 Å². The molecule has 2 aliphatic carbocycles. The van der Waals surface area contributed by atoms with Crippen LogP contribution in [0.2, 0.25) is 0 Å². The molecular weight excluding hydrogens is 893 g/mol. The number of alkyl carbamates (subject to hydrolysis) is 1. The summed E-state index contributed by atoms with van der Waals surface area (Å²) in [4.78, 5) is 63.8. The number of fused-ring (bicyclic) bond motifs is 4. The molecule has 3 fully saturated rings. The molecule has 3 aromatic rings. The zero-order valence-corrected chi connectivity index (χ0v) is 39.6. The third-order valence-electron chi connectivity index (χ3n) is 14.0. The molecule has 7 atom stereocenters. The van der Waals surface area contributed by atoms with Gasteiger partial charge >= 0.3 is 6.09 Å². The fourth-order valence-electron chi connectivity index (χ4n) is 9.00. The molecule has 2 saturated carbocycles. The highest BCUT2D eigenvalue weighted by atomic mass is 32.2. The van der Waals surface area contributed by atoms with Crippen molar-refractivity contribution in [1.29, 1.82) is 0 Å². The van der Waals surface area contributed by atoms with E-state index in [1.165, 1.54) is 4.90 Å². The van der Waals surface area contributed by atoms with Gasteiger partial charge in [-0.15, -0.1) is 0 Å². The van der Waals surface area contributed by atoms with E-state index in [1.807, 2.05) is 43.3 Å². The summed E-state index contributed by atoms with van der Waals surface area (Å²) in [5.74, 6) is -5.02. The summed E-state index contributed by atoms with van der Waals surface area (Å²) >= 11 is 0. The highest BCUT2D eigenvalue weighted by Gasteiger charge is 2.63. The topological polar surface area (TPSA) is 201 Å². The Labute approximate surface area is 393 Å². The van der Waals surface area contributed by atoms with E-state index >= 15 is 4.79 Å². The average molecular weight is 958 g/mol. The number of carbonyl (C=O) groups is 4. The number of pyridine rings is 1. The number of allylic oxidation sites excluding steroid dienone is 1. The van der Waals surface area contributed by atoms with Crippen molar-refractivity contribution >= 4 is 44.6 Å². The van der Waals surface area contributed by atoms with Gasteiger partial charge in [-0.25, -0.2) is 27.0 Å². The quantitative estimate of drug-likeness (QED) is 0.173. The highest BCUT2D eigenvalue weighted by molar-refractivity contribution is 7.91. The Morgan fingerprint density at radius 1 is 1.01 bits per heavy atom. The predicted octanol–water partition coefficient (Wildman–Crippen LogP) is 7.18. The van der Waals surface area contributed by atoms with Crippen LogP contribution >= 0.6 is 0 Å². The number of hydrogen-bond acceptors (Lipinski definition) is 12. The molecule has 4 amide bonds. The second-order valence-corrected chi connectivity index (χ2v) is 21.8. The summed E-state index contributed by atoms with van der Waals surface area (Å²) in [6, 6.07) is 10.00. The van der Waals surface area contributed by atoms with Crippen LogP contribution in [-0.2, 0) is 29.1 Å². The first-order chi connectivity index (χ1) is 31.5. The van der Waals surface area contributed by atoms with Crippen molar-refractivity contribution in [3.8, 4) is 34.4 Å². The molecule has 0 radical (unpaired) electrons. The van der Waals surface area contributed by atoms with Crippen LogP contribution in [-0.4, -0.2) is 109 Å².